The molecule has 0 bridgehead atoms. The van der Waals surface area contributed by atoms with Crippen LogP contribution < -0.4 is 5.32 Å². The third-order valence-corrected chi connectivity index (χ3v) is 2.80. The molecular weight excluding hydrogens is 222 g/mol. The molecule has 0 spiro atoms. The second-order valence-electron chi connectivity index (χ2n) is 4.29. The number of halogens is 1. The summed E-state index contributed by atoms with van der Waals surface area (Å²) >= 11 is 6.05. The first-order valence-electron chi connectivity index (χ1n) is 5.76. The number of hydrogen-bond donors (Lipinski definition) is 1. The Morgan fingerprint density at radius 3 is 2.62 bits per heavy atom. The molecule has 1 aromatic rings. The van der Waals surface area contributed by atoms with Crippen molar-refractivity contribution in [2.24, 2.45) is 0 Å². The van der Waals surface area contributed by atoms with Crippen molar-refractivity contribution in [2.75, 3.05) is 11.9 Å². The van der Waals surface area contributed by atoms with Gasteiger partial charge < -0.3 is 5.32 Å². The molecule has 1 heterocycles. The maximum Gasteiger partial charge on any atom is 0.133 e. The molecule has 16 heavy (non-hydrogen) atoms. The van der Waals surface area contributed by atoms with Crippen LogP contribution >= 0.6 is 11.6 Å². The molecule has 0 aliphatic rings. The molecule has 0 aromatic carbocycles. The third-order valence-electron chi connectivity index (χ3n) is 2.34. The van der Waals surface area contributed by atoms with Gasteiger partial charge in [-0.3, -0.25) is 0 Å². The summed E-state index contributed by atoms with van der Waals surface area (Å²) in [5.74, 6) is 2.10. The number of nitrogens with one attached hydrogen (secondary N) is 1. The minimum Gasteiger partial charge on any atom is -0.368 e. The molecule has 0 amide bonds. The Balaban J connectivity index is 2.72. The molecule has 0 fully saturated rings. The van der Waals surface area contributed by atoms with Gasteiger partial charge in [0.15, 0.2) is 0 Å². The van der Waals surface area contributed by atoms with Gasteiger partial charge in [-0.05, 0) is 13.3 Å². The highest BCUT2D eigenvalue weighted by Crippen LogP contribution is 2.14. The SMILES string of the molecule is CCC(Cl)CNc1cc(C)nc(C(C)C)n1. The van der Waals surface area contributed by atoms with Gasteiger partial charge in [0.1, 0.15) is 11.6 Å². The van der Waals surface area contributed by atoms with E-state index in [9.17, 15) is 0 Å². The van der Waals surface area contributed by atoms with Crippen molar-refractivity contribution in [2.45, 2.75) is 45.4 Å². The number of nitrogens with zero attached hydrogens (tertiary/aromatic N) is 2. The molecule has 1 rings (SSSR count). The number of rotatable bonds is 5. The number of hydrogen-bond acceptors (Lipinski definition) is 3. The third kappa shape index (κ3) is 3.97. The summed E-state index contributed by atoms with van der Waals surface area (Å²) in [5, 5.41) is 3.40. The molecule has 1 atom stereocenters. The lowest BCUT2D eigenvalue weighted by Gasteiger charge is -2.12. The van der Waals surface area contributed by atoms with Crippen LogP contribution in [0.25, 0.3) is 0 Å². The van der Waals surface area contributed by atoms with Crippen LogP contribution in [0.5, 0.6) is 0 Å². The second-order valence-corrected chi connectivity index (χ2v) is 4.91. The zero-order valence-corrected chi connectivity index (χ0v) is 11.2. The van der Waals surface area contributed by atoms with Crippen LogP contribution in [0.1, 0.15) is 44.6 Å². The summed E-state index contributed by atoms with van der Waals surface area (Å²) in [5.41, 5.74) is 0.990. The quantitative estimate of drug-likeness (QED) is 0.804. The highest BCUT2D eigenvalue weighted by atomic mass is 35.5. The van der Waals surface area contributed by atoms with Crippen molar-refractivity contribution in [3.63, 3.8) is 0 Å². The normalized spacial score (nSPS) is 12.9. The predicted molar refractivity (Wildman–Crippen MR) is 69.3 cm³/mol. The van der Waals surface area contributed by atoms with Crippen LogP contribution in [-0.4, -0.2) is 21.9 Å². The standard InChI is InChI=1S/C12H20ClN3/c1-5-10(13)7-14-11-6-9(4)15-12(16-11)8(2)3/h6,8,10H,5,7H2,1-4H3,(H,14,15,16). The molecule has 0 radical (unpaired) electrons. The molecule has 3 nitrogen and oxygen atoms in total. The molecule has 1 unspecified atom stereocenters. The molecule has 90 valence electrons. The van der Waals surface area contributed by atoms with Gasteiger partial charge in [-0.15, -0.1) is 11.6 Å². The number of alkyl halides is 1. The van der Waals surface area contributed by atoms with E-state index < -0.39 is 0 Å². The maximum atomic E-state index is 6.05. The van der Waals surface area contributed by atoms with Gasteiger partial charge in [0, 0.05) is 24.2 Å². The highest BCUT2D eigenvalue weighted by Gasteiger charge is 2.07. The molecule has 1 N–H and O–H groups in total. The first kappa shape index (κ1) is 13.2. The lowest BCUT2D eigenvalue weighted by molar-refractivity contribution is 0.763. The van der Waals surface area contributed by atoms with Crippen LogP contribution in [0.15, 0.2) is 6.07 Å². The zero-order chi connectivity index (χ0) is 12.1. The van der Waals surface area contributed by atoms with Gasteiger partial charge >= 0.3 is 0 Å². The Morgan fingerprint density at radius 1 is 1.38 bits per heavy atom. The average molecular weight is 242 g/mol. The van der Waals surface area contributed by atoms with E-state index in [0.29, 0.717) is 5.92 Å². The topological polar surface area (TPSA) is 37.8 Å². The molecule has 0 aliphatic heterocycles. The summed E-state index contributed by atoms with van der Waals surface area (Å²) in [4.78, 5) is 8.85. The van der Waals surface area contributed by atoms with E-state index in [1.165, 1.54) is 0 Å². The fraction of sp³-hybridized carbons (Fsp3) is 0.667. The van der Waals surface area contributed by atoms with E-state index in [1.54, 1.807) is 0 Å². The van der Waals surface area contributed by atoms with Crippen molar-refractivity contribution >= 4 is 17.4 Å². The number of aryl methyl sites for hydroxylation is 1. The van der Waals surface area contributed by atoms with E-state index in [-0.39, 0.29) is 5.38 Å². The molecule has 0 aliphatic carbocycles. The first-order chi connectivity index (χ1) is 7.52. The minimum atomic E-state index is 0.151. The van der Waals surface area contributed by atoms with Gasteiger partial charge in [0.25, 0.3) is 0 Å². The summed E-state index contributed by atoms with van der Waals surface area (Å²) in [6, 6.07) is 1.95. The van der Waals surface area contributed by atoms with Crippen molar-refractivity contribution in [3.8, 4) is 0 Å². The molecule has 0 saturated heterocycles. The number of aromatic nitrogens is 2. The van der Waals surface area contributed by atoms with Crippen LogP contribution in [0.4, 0.5) is 5.82 Å². The second kappa shape index (κ2) is 6.04. The van der Waals surface area contributed by atoms with Gasteiger partial charge in [-0.1, -0.05) is 20.8 Å². The Morgan fingerprint density at radius 2 is 2.06 bits per heavy atom. The Hall–Kier alpha value is -0.830. The van der Waals surface area contributed by atoms with Gasteiger partial charge in [-0.25, -0.2) is 9.97 Å². The van der Waals surface area contributed by atoms with E-state index in [1.807, 2.05) is 13.0 Å². The maximum absolute atomic E-state index is 6.05. The highest BCUT2D eigenvalue weighted by molar-refractivity contribution is 6.20. The fourth-order valence-corrected chi connectivity index (χ4v) is 1.38. The van der Waals surface area contributed by atoms with Crippen LogP contribution in [0.2, 0.25) is 0 Å². The van der Waals surface area contributed by atoms with Gasteiger partial charge in [-0.2, -0.15) is 0 Å². The fourth-order valence-electron chi connectivity index (χ4n) is 1.30. The lowest BCUT2D eigenvalue weighted by atomic mass is 10.2. The Labute approximate surface area is 103 Å². The van der Waals surface area contributed by atoms with Crippen molar-refractivity contribution in [3.05, 3.63) is 17.6 Å². The average Bonchev–Trinajstić information content (AvgIpc) is 2.25. The Kier molecular flexibility index (Phi) is 5.00. The van der Waals surface area contributed by atoms with Gasteiger partial charge in [0.2, 0.25) is 0 Å². The largest absolute Gasteiger partial charge is 0.368 e. The summed E-state index contributed by atoms with van der Waals surface area (Å²) < 4.78 is 0. The molecular formula is C12H20ClN3. The molecule has 4 heteroatoms. The van der Waals surface area contributed by atoms with E-state index >= 15 is 0 Å². The molecule has 1 aromatic heterocycles. The van der Waals surface area contributed by atoms with Crippen LogP contribution in [-0.2, 0) is 0 Å². The summed E-state index contributed by atoms with van der Waals surface area (Å²) in [6.45, 7) is 8.98. The summed E-state index contributed by atoms with van der Waals surface area (Å²) in [7, 11) is 0. The van der Waals surface area contributed by atoms with E-state index in [0.717, 1.165) is 30.3 Å². The van der Waals surface area contributed by atoms with Crippen molar-refractivity contribution < 1.29 is 0 Å². The van der Waals surface area contributed by atoms with Crippen molar-refractivity contribution in [1.29, 1.82) is 0 Å². The summed E-state index contributed by atoms with van der Waals surface area (Å²) in [6.07, 6.45) is 0.954. The first-order valence-corrected chi connectivity index (χ1v) is 6.20. The van der Waals surface area contributed by atoms with E-state index in [2.05, 4.69) is 36.1 Å². The smallest absolute Gasteiger partial charge is 0.133 e. The van der Waals surface area contributed by atoms with Gasteiger partial charge in [0.05, 0.1) is 5.38 Å². The predicted octanol–water partition coefficient (Wildman–Crippen LogP) is 3.34. The van der Waals surface area contributed by atoms with Crippen molar-refractivity contribution in [1.82, 2.24) is 9.97 Å². The Bertz CT molecular complexity index is 339. The lowest BCUT2D eigenvalue weighted by Crippen LogP contribution is -2.15. The molecule has 0 saturated carbocycles. The monoisotopic (exact) mass is 241 g/mol. The van der Waals surface area contributed by atoms with E-state index in [4.69, 9.17) is 11.6 Å². The minimum absolute atomic E-state index is 0.151. The van der Waals surface area contributed by atoms with Crippen LogP contribution in [0, 0.1) is 6.92 Å². The number of anilines is 1. The van der Waals surface area contributed by atoms with Crippen LogP contribution in [0.3, 0.4) is 0 Å². The zero-order valence-electron chi connectivity index (χ0n) is 10.4.